The second kappa shape index (κ2) is 5.67. The quantitative estimate of drug-likeness (QED) is 0.839. The van der Waals surface area contributed by atoms with Crippen molar-refractivity contribution in [1.82, 2.24) is 0 Å². The molecule has 5 heteroatoms. The lowest BCUT2D eigenvalue weighted by atomic mass is 10.2. The summed E-state index contributed by atoms with van der Waals surface area (Å²) in [5.74, 6) is -0.240. The molecule has 2 rings (SSSR count). The number of hydrogen-bond donors (Lipinski definition) is 2. The topological polar surface area (TPSA) is 72.5 Å². The Morgan fingerprint density at radius 1 is 1.21 bits per heavy atom. The van der Waals surface area contributed by atoms with Crippen molar-refractivity contribution < 1.29 is 14.6 Å². The monoisotopic (exact) mass is 275 g/mol. The van der Waals surface area contributed by atoms with Crippen molar-refractivity contribution in [3.63, 3.8) is 0 Å². The molecule has 19 heavy (non-hydrogen) atoms. The highest BCUT2D eigenvalue weighted by atomic mass is 32.2. The third-order valence-corrected chi connectivity index (χ3v) is 3.51. The Kier molecular flexibility index (Phi) is 3.97. The van der Waals surface area contributed by atoms with Crippen LogP contribution in [0.5, 0.6) is 5.75 Å². The fourth-order valence-corrected chi connectivity index (χ4v) is 2.52. The third-order valence-electron chi connectivity index (χ3n) is 2.53. The van der Waals surface area contributed by atoms with Crippen molar-refractivity contribution >= 4 is 23.4 Å². The van der Waals surface area contributed by atoms with Crippen molar-refractivity contribution in [3.8, 4) is 5.75 Å². The zero-order valence-corrected chi connectivity index (χ0v) is 11.1. The molecule has 0 radical (unpaired) electrons. The lowest BCUT2D eigenvalue weighted by molar-refractivity contribution is 0.0698. The number of ether oxygens (including phenoxy) is 1. The predicted molar refractivity (Wildman–Crippen MR) is 74.9 cm³/mol. The van der Waals surface area contributed by atoms with E-state index < -0.39 is 5.97 Å². The molecule has 0 aliphatic heterocycles. The molecule has 0 bridgehead atoms. The predicted octanol–water partition coefficient (Wildman–Crippen LogP) is 3.13. The first kappa shape index (κ1) is 13.3. The number of carbonyl (C=O) groups is 1. The number of anilines is 1. The van der Waals surface area contributed by atoms with Crippen molar-refractivity contribution in [1.29, 1.82) is 0 Å². The molecular formula is C14H13NO3S. The van der Waals surface area contributed by atoms with Crippen LogP contribution < -0.4 is 10.5 Å². The summed E-state index contributed by atoms with van der Waals surface area (Å²) in [5, 5.41) is 8.91. The normalized spacial score (nSPS) is 10.2. The van der Waals surface area contributed by atoms with Crippen LogP contribution in [0.25, 0.3) is 0 Å². The van der Waals surface area contributed by atoms with E-state index in [2.05, 4.69) is 0 Å². The summed E-state index contributed by atoms with van der Waals surface area (Å²) >= 11 is 1.50. The number of benzene rings is 2. The van der Waals surface area contributed by atoms with E-state index in [0.29, 0.717) is 0 Å². The zero-order chi connectivity index (χ0) is 13.8. The Labute approximate surface area is 115 Å². The van der Waals surface area contributed by atoms with E-state index in [9.17, 15) is 4.79 Å². The molecule has 0 heterocycles. The number of carboxylic acid groups (broad SMARTS) is 1. The Hall–Kier alpha value is -2.14. The fraction of sp³-hybridized carbons (Fsp3) is 0.0714. The van der Waals surface area contributed by atoms with Crippen molar-refractivity contribution in [2.45, 2.75) is 9.79 Å². The third kappa shape index (κ3) is 3.20. The molecule has 0 aromatic heterocycles. The highest BCUT2D eigenvalue weighted by Gasteiger charge is 2.08. The van der Waals surface area contributed by atoms with E-state index in [1.807, 2.05) is 24.3 Å². The highest BCUT2D eigenvalue weighted by Crippen LogP contribution is 2.31. The minimum absolute atomic E-state index is 0.120. The van der Waals surface area contributed by atoms with Gasteiger partial charge in [-0.3, -0.25) is 0 Å². The van der Waals surface area contributed by atoms with Crippen LogP contribution in [-0.2, 0) is 0 Å². The zero-order valence-electron chi connectivity index (χ0n) is 10.3. The van der Waals surface area contributed by atoms with E-state index in [1.165, 1.54) is 17.8 Å². The molecular weight excluding hydrogens is 262 g/mol. The van der Waals surface area contributed by atoms with Gasteiger partial charge in [-0.2, -0.15) is 0 Å². The van der Waals surface area contributed by atoms with Gasteiger partial charge >= 0.3 is 5.97 Å². The van der Waals surface area contributed by atoms with Gasteiger partial charge in [-0.25, -0.2) is 4.79 Å². The second-order valence-corrected chi connectivity index (χ2v) is 4.98. The smallest absolute Gasteiger partial charge is 0.337 e. The first-order chi connectivity index (χ1) is 9.10. The van der Waals surface area contributed by atoms with Gasteiger partial charge < -0.3 is 15.6 Å². The van der Waals surface area contributed by atoms with E-state index >= 15 is 0 Å². The van der Waals surface area contributed by atoms with Crippen LogP contribution in [0.2, 0.25) is 0 Å². The molecule has 0 aliphatic rings. The highest BCUT2D eigenvalue weighted by molar-refractivity contribution is 7.99. The molecule has 0 aliphatic carbocycles. The molecule has 0 saturated carbocycles. The molecule has 0 amide bonds. The average Bonchev–Trinajstić information content (AvgIpc) is 2.38. The molecule has 4 nitrogen and oxygen atoms in total. The number of carboxylic acids is 1. The fourth-order valence-electron chi connectivity index (χ4n) is 1.60. The standard InChI is InChI=1S/C14H13NO3S/c1-18-9-3-2-4-10(7-9)19-11-5-6-12(14(16)17)13(15)8-11/h2-8H,15H2,1H3,(H,16,17). The molecule has 0 spiro atoms. The van der Waals surface area contributed by atoms with Crippen LogP contribution in [0.1, 0.15) is 10.4 Å². The maximum atomic E-state index is 10.9. The van der Waals surface area contributed by atoms with Crippen LogP contribution in [0.4, 0.5) is 5.69 Å². The molecule has 98 valence electrons. The van der Waals surface area contributed by atoms with Crippen LogP contribution in [0, 0.1) is 0 Å². The van der Waals surface area contributed by atoms with Gasteiger partial charge in [0.05, 0.1) is 12.7 Å². The van der Waals surface area contributed by atoms with Crippen molar-refractivity contribution in [3.05, 3.63) is 48.0 Å². The van der Waals surface area contributed by atoms with Gasteiger partial charge in [0, 0.05) is 15.5 Å². The van der Waals surface area contributed by atoms with Crippen LogP contribution in [0.15, 0.2) is 52.3 Å². The number of nitrogen functional groups attached to an aromatic ring is 1. The van der Waals surface area contributed by atoms with E-state index in [4.69, 9.17) is 15.6 Å². The summed E-state index contributed by atoms with van der Waals surface area (Å²) in [5.41, 5.74) is 6.10. The van der Waals surface area contributed by atoms with Gasteiger partial charge in [-0.15, -0.1) is 0 Å². The summed E-state index contributed by atoms with van der Waals surface area (Å²) in [7, 11) is 1.61. The SMILES string of the molecule is COc1cccc(Sc2ccc(C(=O)O)c(N)c2)c1. The Morgan fingerprint density at radius 2 is 1.95 bits per heavy atom. The summed E-state index contributed by atoms with van der Waals surface area (Å²) in [4.78, 5) is 12.8. The summed E-state index contributed by atoms with van der Waals surface area (Å²) < 4.78 is 5.15. The lowest BCUT2D eigenvalue weighted by Gasteiger charge is -2.06. The van der Waals surface area contributed by atoms with E-state index in [-0.39, 0.29) is 11.3 Å². The minimum atomic E-state index is -1.02. The Bertz CT molecular complexity index is 613. The summed E-state index contributed by atoms with van der Waals surface area (Å²) in [6.45, 7) is 0. The number of aromatic carboxylic acids is 1. The van der Waals surface area contributed by atoms with Crippen molar-refractivity contribution in [2.24, 2.45) is 0 Å². The van der Waals surface area contributed by atoms with Crippen LogP contribution in [-0.4, -0.2) is 18.2 Å². The molecule has 0 saturated heterocycles. The maximum Gasteiger partial charge on any atom is 0.337 e. The van der Waals surface area contributed by atoms with Gasteiger partial charge in [0.15, 0.2) is 0 Å². The molecule has 0 fully saturated rings. The number of methoxy groups -OCH3 is 1. The first-order valence-electron chi connectivity index (χ1n) is 5.55. The van der Waals surface area contributed by atoms with Gasteiger partial charge in [-0.1, -0.05) is 17.8 Å². The minimum Gasteiger partial charge on any atom is -0.497 e. The van der Waals surface area contributed by atoms with E-state index in [0.717, 1.165) is 15.5 Å². The van der Waals surface area contributed by atoms with Gasteiger partial charge in [-0.05, 0) is 36.4 Å². The Balaban J connectivity index is 2.23. The molecule has 0 atom stereocenters. The average molecular weight is 275 g/mol. The molecule has 0 unspecified atom stereocenters. The number of rotatable bonds is 4. The summed E-state index contributed by atoms with van der Waals surface area (Å²) in [6, 6.07) is 12.5. The lowest BCUT2D eigenvalue weighted by Crippen LogP contribution is -2.01. The number of hydrogen-bond acceptors (Lipinski definition) is 4. The first-order valence-corrected chi connectivity index (χ1v) is 6.36. The maximum absolute atomic E-state index is 10.9. The molecule has 3 N–H and O–H groups in total. The largest absolute Gasteiger partial charge is 0.497 e. The van der Waals surface area contributed by atoms with Gasteiger partial charge in [0.2, 0.25) is 0 Å². The van der Waals surface area contributed by atoms with E-state index in [1.54, 1.807) is 19.2 Å². The Morgan fingerprint density at radius 3 is 2.58 bits per heavy atom. The van der Waals surface area contributed by atoms with Crippen LogP contribution in [0.3, 0.4) is 0 Å². The summed E-state index contributed by atoms with van der Waals surface area (Å²) in [6.07, 6.45) is 0. The number of nitrogens with two attached hydrogens (primary N) is 1. The van der Waals surface area contributed by atoms with Crippen LogP contribution >= 0.6 is 11.8 Å². The molecule has 2 aromatic carbocycles. The van der Waals surface area contributed by atoms with Gasteiger partial charge in [0.1, 0.15) is 5.75 Å². The van der Waals surface area contributed by atoms with Crippen molar-refractivity contribution in [2.75, 3.05) is 12.8 Å². The van der Waals surface area contributed by atoms with Gasteiger partial charge in [0.25, 0.3) is 0 Å². The molecule has 2 aromatic rings. The second-order valence-electron chi connectivity index (χ2n) is 3.84.